The SMILES string of the molecule is C=Nc1cc(C(N)=O)cc(OCCCSC)c1N(C/C=C/Cn1c(NC)nc2cc(C(N)=O)cc(OC/C=C/CN=C/C(N)=C\N)c21)CNC(=O)c1cc(C)nn1CC.CCN=C(C=O)/C=C(/C)N. The van der Waals surface area contributed by atoms with E-state index in [2.05, 4.69) is 37.4 Å². The van der Waals surface area contributed by atoms with Crippen molar-refractivity contribution in [1.29, 1.82) is 0 Å². The van der Waals surface area contributed by atoms with Gasteiger partial charge in [-0.05, 0) is 95.3 Å². The van der Waals surface area contributed by atoms with Crippen molar-refractivity contribution in [2.75, 3.05) is 68.8 Å². The number of imidazole rings is 1. The quantitative estimate of drug-likeness (QED) is 0.0146. The van der Waals surface area contributed by atoms with Crippen LogP contribution in [0, 0.1) is 6.92 Å². The lowest BCUT2D eigenvalue weighted by Gasteiger charge is -2.28. The van der Waals surface area contributed by atoms with Crippen LogP contribution in [0.1, 0.15) is 64.1 Å². The monoisotopic (exact) mass is 967 g/mol. The molecule has 0 unspecified atom stereocenters. The first-order chi connectivity index (χ1) is 33.2. The second-order valence-electron chi connectivity index (χ2n) is 14.8. The predicted molar refractivity (Wildman–Crippen MR) is 278 cm³/mol. The Morgan fingerprint density at radius 1 is 0.986 bits per heavy atom. The number of allylic oxidation sites excluding steroid dienone is 4. The number of aromatic nitrogens is 4. The van der Waals surface area contributed by atoms with E-state index in [9.17, 15) is 19.2 Å². The summed E-state index contributed by atoms with van der Waals surface area (Å²) >= 11 is 1.69. The average molecular weight is 968 g/mol. The lowest BCUT2D eigenvalue weighted by molar-refractivity contribution is -0.102. The zero-order valence-corrected chi connectivity index (χ0v) is 40.9. The summed E-state index contributed by atoms with van der Waals surface area (Å²) < 4.78 is 15.9. The fourth-order valence-corrected chi connectivity index (χ4v) is 6.85. The first kappa shape index (κ1) is 55.4. The van der Waals surface area contributed by atoms with Gasteiger partial charge in [-0.25, -0.2) is 4.98 Å². The number of amides is 3. The summed E-state index contributed by atoms with van der Waals surface area (Å²) in [6, 6.07) is 8.05. The topological polar surface area (TPSA) is 317 Å². The van der Waals surface area contributed by atoms with Crippen LogP contribution in [0.3, 0.4) is 0 Å². The molecule has 69 heavy (non-hydrogen) atoms. The number of nitrogens with zero attached hydrogens (tertiary/aromatic N) is 8. The molecular weight excluding hydrogens is 903 g/mol. The lowest BCUT2D eigenvalue weighted by Crippen LogP contribution is -2.39. The Bertz CT molecular complexity index is 2590. The van der Waals surface area contributed by atoms with E-state index in [0.29, 0.717) is 102 Å². The molecule has 0 aliphatic rings. The number of carbonyl (C=O) groups is 4. The molecule has 3 amide bonds. The molecule has 0 spiro atoms. The zero-order chi connectivity index (χ0) is 50.9. The average Bonchev–Trinajstić information content (AvgIpc) is 3.91. The predicted octanol–water partition coefficient (Wildman–Crippen LogP) is 3.99. The minimum atomic E-state index is -0.649. The molecule has 0 aliphatic carbocycles. The van der Waals surface area contributed by atoms with Crippen LogP contribution in [0.2, 0.25) is 0 Å². The van der Waals surface area contributed by atoms with Crippen molar-refractivity contribution in [3.63, 3.8) is 0 Å². The lowest BCUT2D eigenvalue weighted by atomic mass is 10.1. The largest absolute Gasteiger partial charge is 0.491 e. The minimum absolute atomic E-state index is 0.0241. The number of aliphatic imine (C=N–C) groups is 3. The van der Waals surface area contributed by atoms with Crippen molar-refractivity contribution in [3.8, 4) is 11.5 Å². The summed E-state index contributed by atoms with van der Waals surface area (Å²) in [5.41, 5.74) is 32.6. The number of hydrogen-bond acceptors (Lipinski definition) is 17. The van der Waals surface area contributed by atoms with Gasteiger partial charge in [0.05, 0.1) is 48.1 Å². The standard InChI is InChI=1S/C40H53N13O5S.C7H12N2O/c1-6-53-32(18-26(2)50-53)39(56)48-25-51(35-30(45-3)19-27(37(43)54)21-33(35)58-16-11-17-59-5)13-8-9-14-52-36-31(49-40(52)46-4)20-28(38(44)55)22-34(36)57-15-10-7-12-47-24-29(42)23-41;1-3-9-7(5-10)4-6(2)8/h7-10,18-24H,3,6,11-17,25,41-42H2,1-2,4-5H3,(H2,43,54)(H2,44,55)(H,46,49)(H,48,56);4-5H,3,8H2,1-2H3/b9-8+,10-7+,29-23+,47-24?;6-4-,9-7?. The number of rotatable bonds is 27. The van der Waals surface area contributed by atoms with Gasteiger partial charge in [-0.1, -0.05) is 18.2 Å². The molecule has 0 aliphatic heterocycles. The van der Waals surface area contributed by atoms with E-state index in [-0.39, 0.29) is 36.9 Å². The highest BCUT2D eigenvalue weighted by atomic mass is 32.2. The molecule has 0 fully saturated rings. The zero-order valence-electron chi connectivity index (χ0n) is 40.1. The van der Waals surface area contributed by atoms with E-state index in [0.717, 1.165) is 17.9 Å². The Labute approximate surface area is 406 Å². The van der Waals surface area contributed by atoms with Gasteiger partial charge in [-0.3, -0.25) is 38.8 Å². The fourth-order valence-electron chi connectivity index (χ4n) is 6.44. The number of aldehydes is 1. The molecular formula is C47H65N15O6S. The Morgan fingerprint density at radius 2 is 1.71 bits per heavy atom. The highest BCUT2D eigenvalue weighted by Gasteiger charge is 2.22. The molecule has 12 N–H and O–H groups in total. The third kappa shape index (κ3) is 17.1. The van der Waals surface area contributed by atoms with Crippen LogP contribution >= 0.6 is 11.8 Å². The molecule has 2 aromatic carbocycles. The number of fused-ring (bicyclic) bond motifs is 1. The summed E-state index contributed by atoms with van der Waals surface area (Å²) in [4.78, 5) is 67.2. The number of carbonyl (C=O) groups excluding carboxylic acids is 4. The van der Waals surface area contributed by atoms with Gasteiger partial charge in [0.15, 0.2) is 6.29 Å². The summed E-state index contributed by atoms with van der Waals surface area (Å²) in [6.07, 6.45) is 15.2. The Hall–Kier alpha value is -7.88. The highest BCUT2D eigenvalue weighted by molar-refractivity contribution is 7.98. The van der Waals surface area contributed by atoms with Crippen molar-refractivity contribution < 1.29 is 28.7 Å². The van der Waals surface area contributed by atoms with Crippen LogP contribution in [0.15, 0.2) is 93.3 Å². The molecule has 0 saturated heterocycles. The van der Waals surface area contributed by atoms with Crippen LogP contribution in [0.4, 0.5) is 17.3 Å². The molecule has 4 rings (SSSR count). The van der Waals surface area contributed by atoms with Gasteiger partial charge in [0.25, 0.3) is 5.91 Å². The maximum atomic E-state index is 13.5. The third-order valence-corrected chi connectivity index (χ3v) is 10.2. The number of thioether (sulfide) groups is 1. The van der Waals surface area contributed by atoms with Gasteiger partial charge >= 0.3 is 0 Å². The van der Waals surface area contributed by atoms with Crippen LogP contribution in [0.5, 0.6) is 11.5 Å². The number of nitrogens with one attached hydrogen (secondary N) is 2. The van der Waals surface area contributed by atoms with Crippen LogP contribution in [-0.4, -0.2) is 121 Å². The van der Waals surface area contributed by atoms with Gasteiger partial charge in [-0.2, -0.15) is 16.9 Å². The normalized spacial score (nSPS) is 12.1. The molecule has 22 heteroatoms. The summed E-state index contributed by atoms with van der Waals surface area (Å²) in [7, 11) is 1.74. The number of hydrogen-bond donors (Lipinski definition) is 7. The maximum absolute atomic E-state index is 13.5. The van der Waals surface area contributed by atoms with Crippen LogP contribution in [-0.2, 0) is 17.9 Å². The van der Waals surface area contributed by atoms with E-state index < -0.39 is 11.8 Å². The Kier molecular flexibility index (Phi) is 23.3. The molecule has 0 atom stereocenters. The molecule has 370 valence electrons. The summed E-state index contributed by atoms with van der Waals surface area (Å²) in [5.74, 6) is 0.543. The van der Waals surface area contributed by atoms with E-state index in [4.69, 9.17) is 43.1 Å². The molecule has 0 radical (unpaired) electrons. The summed E-state index contributed by atoms with van der Waals surface area (Å²) in [6.45, 7) is 13.7. The molecule has 0 bridgehead atoms. The van der Waals surface area contributed by atoms with Gasteiger partial charge < -0.3 is 58.2 Å². The fraction of sp³-hybridized carbons (Fsp3) is 0.340. The van der Waals surface area contributed by atoms with Gasteiger partial charge in [0.1, 0.15) is 35.0 Å². The first-order valence-corrected chi connectivity index (χ1v) is 23.2. The van der Waals surface area contributed by atoms with E-state index >= 15 is 0 Å². The first-order valence-electron chi connectivity index (χ1n) is 21.9. The Morgan fingerprint density at radius 3 is 2.33 bits per heavy atom. The van der Waals surface area contributed by atoms with Crippen molar-refractivity contribution in [3.05, 3.63) is 101 Å². The second kappa shape index (κ2) is 29.0. The number of ether oxygens (including phenoxy) is 2. The van der Waals surface area contributed by atoms with Crippen molar-refractivity contribution in [2.45, 2.75) is 47.2 Å². The number of anilines is 2. The van der Waals surface area contributed by atoms with Crippen LogP contribution in [0.25, 0.3) is 11.0 Å². The van der Waals surface area contributed by atoms with Gasteiger partial charge in [0.2, 0.25) is 17.8 Å². The Balaban J connectivity index is 0.00000113. The molecule has 0 saturated carbocycles. The molecule has 4 aromatic rings. The van der Waals surface area contributed by atoms with E-state index in [1.54, 1.807) is 79.0 Å². The molecule has 2 aromatic heterocycles. The third-order valence-electron chi connectivity index (χ3n) is 9.52. The van der Waals surface area contributed by atoms with Gasteiger partial charge in [0, 0.05) is 62.5 Å². The molecule has 21 nitrogen and oxygen atoms in total. The van der Waals surface area contributed by atoms with Crippen LogP contribution < -0.4 is 53.7 Å². The van der Waals surface area contributed by atoms with E-state index in [1.807, 2.05) is 48.6 Å². The van der Waals surface area contributed by atoms with Gasteiger partial charge in [-0.15, -0.1) is 0 Å². The van der Waals surface area contributed by atoms with E-state index in [1.165, 1.54) is 12.4 Å². The second-order valence-corrected chi connectivity index (χ2v) is 15.7. The number of nitrogens with two attached hydrogens (primary N) is 5. The smallest absolute Gasteiger partial charge is 0.270 e. The maximum Gasteiger partial charge on any atom is 0.270 e. The van der Waals surface area contributed by atoms with Crippen molar-refractivity contribution in [2.24, 2.45) is 43.6 Å². The van der Waals surface area contributed by atoms with Crippen molar-refractivity contribution in [1.82, 2.24) is 24.6 Å². The minimum Gasteiger partial charge on any atom is -0.491 e. The number of benzene rings is 2. The molecule has 2 heterocycles. The summed E-state index contributed by atoms with van der Waals surface area (Å²) in [5, 5.41) is 10.5. The van der Waals surface area contributed by atoms with Crippen molar-refractivity contribution >= 4 is 82.8 Å². The number of primary amides is 2. The highest BCUT2D eigenvalue weighted by Crippen LogP contribution is 2.40. The number of aryl methyl sites for hydroxylation is 2.